The van der Waals surface area contributed by atoms with Crippen molar-refractivity contribution in [2.24, 2.45) is 0 Å². The average Bonchev–Trinajstić information content (AvgIpc) is 3.05. The van der Waals surface area contributed by atoms with Gasteiger partial charge in [0.05, 0.1) is 18.2 Å². The minimum absolute atomic E-state index is 0.119. The molecular formula is C25H20FNO4. The highest BCUT2D eigenvalue weighted by Crippen LogP contribution is 2.42. The van der Waals surface area contributed by atoms with Gasteiger partial charge in [0.2, 0.25) is 0 Å². The van der Waals surface area contributed by atoms with Gasteiger partial charge in [0, 0.05) is 16.8 Å². The predicted octanol–water partition coefficient (Wildman–Crippen LogP) is 4.85. The van der Waals surface area contributed by atoms with Crippen LogP contribution in [-0.4, -0.2) is 23.4 Å². The summed E-state index contributed by atoms with van der Waals surface area (Å²) in [6.07, 6.45) is 0. The number of hydrogen-bond donors (Lipinski definition) is 1. The number of halogens is 1. The van der Waals surface area contributed by atoms with Crippen LogP contribution in [0.3, 0.4) is 0 Å². The van der Waals surface area contributed by atoms with E-state index in [1.807, 2.05) is 6.92 Å². The molecule has 1 aliphatic heterocycles. The second-order valence-electron chi connectivity index (χ2n) is 6.99. The number of benzene rings is 3. The lowest BCUT2D eigenvalue weighted by Crippen LogP contribution is -2.29. The molecular weight excluding hydrogens is 397 g/mol. The van der Waals surface area contributed by atoms with Gasteiger partial charge in [-0.15, -0.1) is 0 Å². The van der Waals surface area contributed by atoms with E-state index in [2.05, 4.69) is 0 Å². The molecule has 0 saturated carbocycles. The average molecular weight is 417 g/mol. The number of carbonyl (C=O) groups excluding carboxylic acids is 2. The summed E-state index contributed by atoms with van der Waals surface area (Å²) in [4.78, 5) is 27.3. The number of rotatable bonds is 5. The first-order chi connectivity index (χ1) is 15.0. The molecule has 6 heteroatoms. The van der Waals surface area contributed by atoms with Crippen molar-refractivity contribution in [1.82, 2.24) is 0 Å². The molecule has 5 nitrogen and oxygen atoms in total. The van der Waals surface area contributed by atoms with Gasteiger partial charge in [-0.05, 0) is 37.3 Å². The van der Waals surface area contributed by atoms with Crippen LogP contribution >= 0.6 is 0 Å². The molecule has 1 unspecified atom stereocenters. The number of aliphatic hydroxyl groups is 1. The van der Waals surface area contributed by atoms with Crippen LogP contribution in [0, 0.1) is 5.82 Å². The van der Waals surface area contributed by atoms with Crippen LogP contribution in [0.15, 0.2) is 84.4 Å². The van der Waals surface area contributed by atoms with Gasteiger partial charge < -0.3 is 9.84 Å². The van der Waals surface area contributed by atoms with Crippen LogP contribution in [0.5, 0.6) is 5.75 Å². The summed E-state index contributed by atoms with van der Waals surface area (Å²) in [6.45, 7) is 2.26. The van der Waals surface area contributed by atoms with Crippen molar-refractivity contribution < 1.29 is 23.8 Å². The maximum Gasteiger partial charge on any atom is 0.300 e. The van der Waals surface area contributed by atoms with Crippen LogP contribution in [0.1, 0.15) is 24.1 Å². The summed E-state index contributed by atoms with van der Waals surface area (Å²) in [5.74, 6) is -2.17. The van der Waals surface area contributed by atoms with Gasteiger partial charge in [-0.2, -0.15) is 0 Å². The third kappa shape index (κ3) is 3.68. The second-order valence-corrected chi connectivity index (χ2v) is 6.99. The van der Waals surface area contributed by atoms with Crippen LogP contribution in [0.4, 0.5) is 10.1 Å². The number of ketones is 1. The predicted molar refractivity (Wildman–Crippen MR) is 115 cm³/mol. The number of ether oxygens (including phenoxy) is 1. The highest BCUT2D eigenvalue weighted by molar-refractivity contribution is 6.51. The smallest absolute Gasteiger partial charge is 0.300 e. The van der Waals surface area contributed by atoms with Gasteiger partial charge in [-0.3, -0.25) is 14.5 Å². The molecule has 156 valence electrons. The van der Waals surface area contributed by atoms with Crippen LogP contribution in [-0.2, 0) is 9.59 Å². The monoisotopic (exact) mass is 417 g/mol. The SMILES string of the molecule is CCOc1cccc(/C(O)=C2/C(=O)C(=O)N(c3ccccc3)C2c2ccccc2F)c1. The molecule has 1 N–H and O–H groups in total. The number of anilines is 1. The molecule has 1 amide bonds. The molecule has 0 spiro atoms. The number of amides is 1. The Bertz CT molecular complexity index is 1170. The molecule has 31 heavy (non-hydrogen) atoms. The molecule has 1 saturated heterocycles. The first-order valence-electron chi connectivity index (χ1n) is 9.86. The maximum absolute atomic E-state index is 14.8. The van der Waals surface area contributed by atoms with Crippen molar-refractivity contribution >= 4 is 23.1 Å². The van der Waals surface area contributed by atoms with E-state index in [1.165, 1.54) is 23.1 Å². The third-order valence-corrected chi connectivity index (χ3v) is 5.10. The standard InChI is InChI=1S/C25H20FNO4/c1-2-31-18-12-8-9-16(15-18)23(28)21-22(19-13-6-7-14-20(19)26)27(25(30)24(21)29)17-10-4-3-5-11-17/h3-15,22,28H,2H2,1H3/b23-21-. The Morgan fingerprint density at radius 1 is 1.00 bits per heavy atom. The Morgan fingerprint density at radius 2 is 1.71 bits per heavy atom. The Labute approximate surface area is 179 Å². The van der Waals surface area contributed by atoms with E-state index in [0.29, 0.717) is 23.6 Å². The Morgan fingerprint density at radius 3 is 2.42 bits per heavy atom. The molecule has 3 aromatic carbocycles. The van der Waals surface area contributed by atoms with E-state index in [-0.39, 0.29) is 16.9 Å². The third-order valence-electron chi connectivity index (χ3n) is 5.10. The first-order valence-corrected chi connectivity index (χ1v) is 9.86. The minimum atomic E-state index is -1.11. The highest BCUT2D eigenvalue weighted by Gasteiger charge is 2.47. The molecule has 0 aromatic heterocycles. The quantitative estimate of drug-likeness (QED) is 0.366. The number of para-hydroxylation sites is 1. The van der Waals surface area contributed by atoms with E-state index >= 15 is 0 Å². The molecule has 1 fully saturated rings. The van der Waals surface area contributed by atoms with E-state index < -0.39 is 23.5 Å². The Hall–Kier alpha value is -3.93. The Kier molecular flexibility index (Phi) is 5.54. The fourth-order valence-corrected chi connectivity index (χ4v) is 3.73. The lowest BCUT2D eigenvalue weighted by atomic mass is 9.94. The molecule has 0 bridgehead atoms. The van der Waals surface area contributed by atoms with Crippen LogP contribution in [0.2, 0.25) is 0 Å². The summed E-state index contributed by atoms with van der Waals surface area (Å²) in [5.41, 5.74) is 0.680. The minimum Gasteiger partial charge on any atom is -0.507 e. The summed E-state index contributed by atoms with van der Waals surface area (Å²) in [6, 6.07) is 19.9. The molecule has 3 aromatic rings. The number of hydrogen-bond acceptors (Lipinski definition) is 4. The largest absolute Gasteiger partial charge is 0.507 e. The van der Waals surface area contributed by atoms with Gasteiger partial charge in [0.15, 0.2) is 0 Å². The number of Topliss-reactive ketones (excluding diaryl/α,β-unsaturated/α-hetero) is 1. The zero-order chi connectivity index (χ0) is 22.0. The van der Waals surface area contributed by atoms with Gasteiger partial charge >= 0.3 is 0 Å². The Balaban J connectivity index is 1.94. The van der Waals surface area contributed by atoms with Crippen molar-refractivity contribution in [1.29, 1.82) is 0 Å². The molecule has 0 aliphatic carbocycles. The number of nitrogens with zero attached hydrogens (tertiary/aromatic N) is 1. The van der Waals surface area contributed by atoms with E-state index in [1.54, 1.807) is 60.7 Å². The van der Waals surface area contributed by atoms with E-state index in [9.17, 15) is 19.1 Å². The summed E-state index contributed by atoms with van der Waals surface area (Å²) >= 11 is 0. The zero-order valence-electron chi connectivity index (χ0n) is 16.8. The normalized spacial score (nSPS) is 17.7. The summed E-state index contributed by atoms with van der Waals surface area (Å²) in [5, 5.41) is 11.1. The molecule has 0 radical (unpaired) electrons. The summed E-state index contributed by atoms with van der Waals surface area (Å²) in [7, 11) is 0. The maximum atomic E-state index is 14.8. The van der Waals surface area contributed by atoms with Crippen molar-refractivity contribution in [2.45, 2.75) is 13.0 Å². The number of carbonyl (C=O) groups is 2. The van der Waals surface area contributed by atoms with E-state index in [4.69, 9.17) is 4.74 Å². The first kappa shape index (κ1) is 20.3. The lowest BCUT2D eigenvalue weighted by Gasteiger charge is -2.25. The van der Waals surface area contributed by atoms with Crippen molar-refractivity contribution in [3.8, 4) is 5.75 Å². The van der Waals surface area contributed by atoms with Crippen molar-refractivity contribution in [3.63, 3.8) is 0 Å². The van der Waals surface area contributed by atoms with Crippen LogP contribution in [0.25, 0.3) is 5.76 Å². The van der Waals surface area contributed by atoms with Crippen molar-refractivity contribution in [3.05, 3.63) is 101 Å². The fraction of sp³-hybridized carbons (Fsp3) is 0.120. The van der Waals surface area contributed by atoms with Crippen LogP contribution < -0.4 is 9.64 Å². The van der Waals surface area contributed by atoms with Gasteiger partial charge in [0.1, 0.15) is 17.3 Å². The lowest BCUT2D eigenvalue weighted by molar-refractivity contribution is -0.132. The highest BCUT2D eigenvalue weighted by atomic mass is 19.1. The van der Waals surface area contributed by atoms with Gasteiger partial charge in [0.25, 0.3) is 11.7 Å². The van der Waals surface area contributed by atoms with E-state index in [0.717, 1.165) is 0 Å². The molecule has 1 heterocycles. The fourth-order valence-electron chi connectivity index (χ4n) is 3.73. The van der Waals surface area contributed by atoms with Gasteiger partial charge in [-0.25, -0.2) is 4.39 Å². The molecule has 1 aliphatic rings. The number of aliphatic hydroxyl groups excluding tert-OH is 1. The van der Waals surface area contributed by atoms with Crippen molar-refractivity contribution in [2.75, 3.05) is 11.5 Å². The molecule has 4 rings (SSSR count). The second kappa shape index (κ2) is 8.44. The topological polar surface area (TPSA) is 66.8 Å². The summed E-state index contributed by atoms with van der Waals surface area (Å²) < 4.78 is 20.3. The zero-order valence-corrected chi connectivity index (χ0v) is 16.8. The van der Waals surface area contributed by atoms with Gasteiger partial charge in [-0.1, -0.05) is 48.5 Å². The molecule has 1 atom stereocenters.